The van der Waals surface area contributed by atoms with Crippen LogP contribution in [0.25, 0.3) is 22.3 Å². The van der Waals surface area contributed by atoms with Crippen molar-refractivity contribution < 1.29 is 28.2 Å². The first-order valence-corrected chi connectivity index (χ1v) is 11.3. The average molecular weight is 446 g/mol. The maximum Gasteiger partial charge on any atom is 0.299 e. The van der Waals surface area contributed by atoms with Crippen molar-refractivity contribution >= 4 is 26.9 Å². The van der Waals surface area contributed by atoms with Gasteiger partial charge in [0.1, 0.15) is 5.58 Å². The Hall–Kier alpha value is -3.24. The molecule has 4 rings (SSSR count). The third-order valence-corrected chi connectivity index (χ3v) is 6.43. The SMILES string of the molecule is O=c1c(O)c(-c2ccc(O)c(O)c2)oc2ccc(NS(=O)(=O)NC3CCCCC3)cc12. The Labute approximate surface area is 178 Å². The van der Waals surface area contributed by atoms with Gasteiger partial charge in [-0.3, -0.25) is 9.52 Å². The average Bonchev–Trinajstić information content (AvgIpc) is 2.73. The second-order valence-corrected chi connectivity index (χ2v) is 9.03. The van der Waals surface area contributed by atoms with Crippen LogP contribution >= 0.6 is 0 Å². The number of phenolic OH excluding ortho intramolecular Hbond substituents is 2. The largest absolute Gasteiger partial charge is 0.504 e. The normalized spacial score (nSPS) is 15.2. The molecule has 5 N–H and O–H groups in total. The Morgan fingerprint density at radius 3 is 2.39 bits per heavy atom. The lowest BCUT2D eigenvalue weighted by Crippen LogP contribution is -2.39. The Morgan fingerprint density at radius 2 is 1.68 bits per heavy atom. The van der Waals surface area contributed by atoms with Crippen LogP contribution in [0.5, 0.6) is 17.2 Å². The molecule has 0 amide bonds. The monoisotopic (exact) mass is 446 g/mol. The molecule has 0 atom stereocenters. The molecule has 2 aromatic carbocycles. The van der Waals surface area contributed by atoms with E-state index >= 15 is 0 Å². The van der Waals surface area contributed by atoms with Crippen molar-refractivity contribution in [2.45, 2.75) is 38.1 Å². The minimum absolute atomic E-state index is 0.0119. The van der Waals surface area contributed by atoms with Gasteiger partial charge in [-0.1, -0.05) is 19.3 Å². The van der Waals surface area contributed by atoms with Gasteiger partial charge in [0.2, 0.25) is 11.2 Å². The standard InChI is InChI=1S/C21H22N2O7S/c24-16-8-6-12(10-17(16)25)21-20(27)19(26)15-11-14(7-9-18(15)30-21)23-31(28,29)22-13-4-2-1-3-5-13/h6-11,13,22-25,27H,1-5H2. The third kappa shape index (κ3) is 4.44. The van der Waals surface area contributed by atoms with Gasteiger partial charge in [0, 0.05) is 11.6 Å². The molecular formula is C21H22N2O7S. The zero-order chi connectivity index (χ0) is 22.2. The van der Waals surface area contributed by atoms with E-state index in [0.29, 0.717) is 0 Å². The number of rotatable bonds is 5. The fourth-order valence-electron chi connectivity index (χ4n) is 3.73. The number of benzene rings is 2. The van der Waals surface area contributed by atoms with E-state index in [0.717, 1.165) is 38.2 Å². The number of fused-ring (bicyclic) bond motifs is 1. The third-order valence-electron chi connectivity index (χ3n) is 5.28. The minimum atomic E-state index is -3.83. The minimum Gasteiger partial charge on any atom is -0.504 e. The molecule has 164 valence electrons. The lowest BCUT2D eigenvalue weighted by Gasteiger charge is -2.22. The molecule has 1 aliphatic carbocycles. The molecule has 1 aromatic heterocycles. The summed E-state index contributed by atoms with van der Waals surface area (Å²) >= 11 is 0. The summed E-state index contributed by atoms with van der Waals surface area (Å²) in [5, 5.41) is 29.5. The van der Waals surface area contributed by atoms with Crippen molar-refractivity contribution in [3.63, 3.8) is 0 Å². The predicted octanol–water partition coefficient (Wildman–Crippen LogP) is 3.16. The zero-order valence-electron chi connectivity index (χ0n) is 16.5. The fourth-order valence-corrected chi connectivity index (χ4v) is 4.90. The molecule has 0 saturated heterocycles. The lowest BCUT2D eigenvalue weighted by atomic mass is 9.96. The second-order valence-electron chi connectivity index (χ2n) is 7.58. The highest BCUT2D eigenvalue weighted by molar-refractivity contribution is 7.90. The van der Waals surface area contributed by atoms with E-state index in [4.69, 9.17) is 4.42 Å². The molecule has 3 aromatic rings. The molecule has 1 heterocycles. The number of anilines is 1. The molecule has 1 aliphatic rings. The van der Waals surface area contributed by atoms with Gasteiger partial charge in [-0.15, -0.1) is 0 Å². The van der Waals surface area contributed by atoms with E-state index in [1.54, 1.807) is 0 Å². The first-order chi connectivity index (χ1) is 14.7. The first kappa shape index (κ1) is 21.0. The molecule has 10 heteroatoms. The van der Waals surface area contributed by atoms with Crippen molar-refractivity contribution in [2.24, 2.45) is 0 Å². The summed E-state index contributed by atoms with van der Waals surface area (Å²) in [6.07, 6.45) is 4.62. The highest BCUT2D eigenvalue weighted by atomic mass is 32.2. The van der Waals surface area contributed by atoms with Crippen molar-refractivity contribution in [2.75, 3.05) is 4.72 Å². The van der Waals surface area contributed by atoms with E-state index in [9.17, 15) is 28.5 Å². The second kappa shape index (κ2) is 8.12. The summed E-state index contributed by atoms with van der Waals surface area (Å²) in [5.74, 6) is -1.67. The van der Waals surface area contributed by atoms with Gasteiger partial charge >= 0.3 is 0 Å². The maximum atomic E-state index is 12.7. The van der Waals surface area contributed by atoms with Crippen LogP contribution in [0.15, 0.2) is 45.6 Å². The van der Waals surface area contributed by atoms with Gasteiger partial charge in [-0.25, -0.2) is 0 Å². The summed E-state index contributed by atoms with van der Waals surface area (Å²) in [6, 6.07) is 7.76. The topological polar surface area (TPSA) is 149 Å². The number of phenols is 2. The molecule has 0 bridgehead atoms. The molecular weight excluding hydrogens is 424 g/mol. The van der Waals surface area contributed by atoms with Gasteiger partial charge in [-0.2, -0.15) is 13.1 Å². The van der Waals surface area contributed by atoms with Gasteiger partial charge in [-0.05, 0) is 49.2 Å². The smallest absolute Gasteiger partial charge is 0.299 e. The molecule has 31 heavy (non-hydrogen) atoms. The summed E-state index contributed by atoms with van der Waals surface area (Å²) in [6.45, 7) is 0. The van der Waals surface area contributed by atoms with Crippen LogP contribution < -0.4 is 14.9 Å². The van der Waals surface area contributed by atoms with Crippen LogP contribution in [0.3, 0.4) is 0 Å². The number of hydrogen-bond acceptors (Lipinski definition) is 7. The predicted molar refractivity (Wildman–Crippen MR) is 115 cm³/mol. The van der Waals surface area contributed by atoms with Crippen molar-refractivity contribution in [3.05, 3.63) is 46.6 Å². The summed E-state index contributed by atoms with van der Waals surface area (Å²) in [7, 11) is -3.83. The van der Waals surface area contributed by atoms with E-state index < -0.39 is 27.1 Å². The molecule has 1 fully saturated rings. The highest BCUT2D eigenvalue weighted by Crippen LogP contribution is 2.35. The highest BCUT2D eigenvalue weighted by Gasteiger charge is 2.21. The molecule has 1 saturated carbocycles. The molecule has 0 radical (unpaired) electrons. The van der Waals surface area contributed by atoms with Crippen LogP contribution in [0, 0.1) is 0 Å². The van der Waals surface area contributed by atoms with Crippen molar-refractivity contribution in [1.82, 2.24) is 4.72 Å². The summed E-state index contributed by atoms with van der Waals surface area (Å²) in [4.78, 5) is 12.7. The molecule has 0 aliphatic heterocycles. The van der Waals surface area contributed by atoms with Gasteiger partial charge in [0.15, 0.2) is 17.3 Å². The van der Waals surface area contributed by atoms with E-state index in [1.807, 2.05) is 0 Å². The van der Waals surface area contributed by atoms with Crippen LogP contribution in [0.1, 0.15) is 32.1 Å². The zero-order valence-corrected chi connectivity index (χ0v) is 17.3. The molecule has 0 spiro atoms. The van der Waals surface area contributed by atoms with E-state index in [2.05, 4.69) is 9.44 Å². The number of hydrogen-bond donors (Lipinski definition) is 5. The van der Waals surface area contributed by atoms with Crippen molar-refractivity contribution in [3.8, 4) is 28.6 Å². The number of nitrogens with one attached hydrogen (secondary N) is 2. The van der Waals surface area contributed by atoms with Crippen molar-refractivity contribution in [1.29, 1.82) is 0 Å². The van der Waals surface area contributed by atoms with Crippen LogP contribution in [0.4, 0.5) is 5.69 Å². The van der Waals surface area contributed by atoms with Crippen LogP contribution in [-0.2, 0) is 10.2 Å². The Balaban J connectivity index is 1.66. The summed E-state index contributed by atoms with van der Waals surface area (Å²) < 4.78 is 35.5. The van der Waals surface area contributed by atoms with Gasteiger partial charge in [0.05, 0.1) is 11.1 Å². The quantitative estimate of drug-likeness (QED) is 0.378. The van der Waals surface area contributed by atoms with Crippen LogP contribution in [0.2, 0.25) is 0 Å². The Kier molecular flexibility index (Phi) is 5.50. The lowest BCUT2D eigenvalue weighted by molar-refractivity contribution is 0.403. The van der Waals surface area contributed by atoms with E-state index in [-0.39, 0.29) is 39.8 Å². The number of aromatic hydroxyl groups is 3. The van der Waals surface area contributed by atoms with Gasteiger partial charge < -0.3 is 19.7 Å². The fraction of sp³-hybridized carbons (Fsp3) is 0.286. The Bertz CT molecular complexity index is 1300. The van der Waals surface area contributed by atoms with Gasteiger partial charge in [0.25, 0.3) is 10.2 Å². The van der Waals surface area contributed by atoms with Crippen LogP contribution in [-0.4, -0.2) is 29.8 Å². The van der Waals surface area contributed by atoms with E-state index in [1.165, 1.54) is 30.3 Å². The Morgan fingerprint density at radius 1 is 0.935 bits per heavy atom. The molecule has 9 nitrogen and oxygen atoms in total. The summed E-state index contributed by atoms with van der Waals surface area (Å²) in [5.41, 5.74) is -0.301. The maximum absolute atomic E-state index is 12.7. The first-order valence-electron chi connectivity index (χ1n) is 9.86. The molecule has 0 unspecified atom stereocenters.